The molecular weight excluding hydrogens is 249 g/mol. The van der Waals surface area contributed by atoms with E-state index in [-0.39, 0.29) is 17.2 Å². The number of halogens is 3. The van der Waals surface area contributed by atoms with E-state index < -0.39 is 17.8 Å². The molecule has 0 radical (unpaired) electrons. The quantitative estimate of drug-likeness (QED) is 0.528. The smallest absolute Gasteiger partial charge is 0.369 e. The Labute approximate surface area is 101 Å². The van der Waals surface area contributed by atoms with Crippen molar-refractivity contribution in [1.82, 2.24) is 5.32 Å². The number of primary amides is 1. The predicted octanol–water partition coefficient (Wildman–Crippen LogP) is 1.63. The number of nitrogens with zero attached hydrogens (tertiary/aromatic N) is 1. The largest absolute Gasteiger partial charge is 0.416 e. The zero-order chi connectivity index (χ0) is 13.9. The third-order valence-electron chi connectivity index (χ3n) is 2.02. The van der Waals surface area contributed by atoms with Gasteiger partial charge in [0.2, 0.25) is 5.96 Å². The number of aliphatic imine (C=N–C) groups is 1. The number of nitrogens with two attached hydrogens (primary N) is 2. The number of nitrogens with one attached hydrogen (secondary N) is 1. The summed E-state index contributed by atoms with van der Waals surface area (Å²) in [5.41, 5.74) is 9.84. The molecule has 8 heteroatoms. The Balaban J connectivity index is 3.03. The number of benzene rings is 1. The summed E-state index contributed by atoms with van der Waals surface area (Å²) in [5.74, 6) is -0.287. The molecule has 0 aliphatic rings. The summed E-state index contributed by atoms with van der Waals surface area (Å²) in [4.78, 5) is 14.2. The molecule has 2 amide bonds. The van der Waals surface area contributed by atoms with Crippen LogP contribution in [0.4, 0.5) is 23.7 Å². The molecule has 0 atom stereocenters. The first-order chi connectivity index (χ1) is 8.20. The molecule has 0 aliphatic heterocycles. The van der Waals surface area contributed by atoms with E-state index in [9.17, 15) is 18.0 Å². The van der Waals surface area contributed by atoms with Gasteiger partial charge in [-0.2, -0.15) is 13.2 Å². The van der Waals surface area contributed by atoms with E-state index >= 15 is 0 Å². The van der Waals surface area contributed by atoms with Gasteiger partial charge in [0.05, 0.1) is 11.3 Å². The van der Waals surface area contributed by atoms with Crippen LogP contribution in [0, 0.1) is 6.92 Å². The van der Waals surface area contributed by atoms with Gasteiger partial charge < -0.3 is 11.5 Å². The summed E-state index contributed by atoms with van der Waals surface area (Å²) < 4.78 is 37.2. The van der Waals surface area contributed by atoms with Crippen molar-refractivity contribution in [2.45, 2.75) is 13.1 Å². The molecule has 0 heterocycles. The van der Waals surface area contributed by atoms with Crippen molar-refractivity contribution >= 4 is 17.7 Å². The first-order valence-electron chi connectivity index (χ1n) is 4.78. The predicted molar refractivity (Wildman–Crippen MR) is 60.2 cm³/mol. The van der Waals surface area contributed by atoms with Crippen molar-refractivity contribution in [2.75, 3.05) is 0 Å². The molecule has 0 fully saturated rings. The highest BCUT2D eigenvalue weighted by atomic mass is 19.4. The molecule has 0 aromatic heterocycles. The summed E-state index contributed by atoms with van der Waals surface area (Å²) >= 11 is 0. The van der Waals surface area contributed by atoms with E-state index in [1.807, 2.05) is 5.32 Å². The third-order valence-corrected chi connectivity index (χ3v) is 2.02. The van der Waals surface area contributed by atoms with Crippen molar-refractivity contribution < 1.29 is 18.0 Å². The SMILES string of the molecule is Cc1cc(C(F)(F)F)ccc1N=C(N)NC(N)=O. The number of guanidine groups is 1. The average molecular weight is 260 g/mol. The molecule has 0 aliphatic carbocycles. The fourth-order valence-electron chi connectivity index (χ4n) is 1.24. The Bertz CT molecular complexity index is 496. The lowest BCUT2D eigenvalue weighted by Gasteiger charge is -2.09. The summed E-state index contributed by atoms with van der Waals surface area (Å²) in [6.07, 6.45) is -4.41. The molecule has 98 valence electrons. The molecular formula is C10H11F3N4O. The van der Waals surface area contributed by atoms with Gasteiger partial charge in [-0.3, -0.25) is 5.32 Å². The Morgan fingerprint density at radius 2 is 1.94 bits per heavy atom. The van der Waals surface area contributed by atoms with Gasteiger partial charge in [-0.25, -0.2) is 9.79 Å². The molecule has 18 heavy (non-hydrogen) atoms. The van der Waals surface area contributed by atoms with E-state index in [0.717, 1.165) is 18.2 Å². The maximum absolute atomic E-state index is 12.4. The molecule has 0 saturated carbocycles. The van der Waals surface area contributed by atoms with Crippen molar-refractivity contribution in [3.8, 4) is 0 Å². The fraction of sp³-hybridized carbons (Fsp3) is 0.200. The summed E-state index contributed by atoms with van der Waals surface area (Å²) in [6, 6.07) is 2.08. The summed E-state index contributed by atoms with van der Waals surface area (Å²) in [6.45, 7) is 1.45. The van der Waals surface area contributed by atoms with Gasteiger partial charge in [0.15, 0.2) is 0 Å². The lowest BCUT2D eigenvalue weighted by atomic mass is 10.1. The number of amides is 2. The monoisotopic (exact) mass is 260 g/mol. The van der Waals surface area contributed by atoms with Gasteiger partial charge in [-0.15, -0.1) is 0 Å². The van der Waals surface area contributed by atoms with Crippen molar-refractivity contribution in [1.29, 1.82) is 0 Å². The third kappa shape index (κ3) is 3.65. The molecule has 1 rings (SSSR count). The van der Waals surface area contributed by atoms with Gasteiger partial charge in [0, 0.05) is 0 Å². The van der Waals surface area contributed by atoms with Gasteiger partial charge in [-0.1, -0.05) is 0 Å². The summed E-state index contributed by atoms with van der Waals surface area (Å²) in [5, 5.41) is 2.01. The summed E-state index contributed by atoms with van der Waals surface area (Å²) in [7, 11) is 0. The lowest BCUT2D eigenvalue weighted by Crippen LogP contribution is -2.39. The second-order valence-corrected chi connectivity index (χ2v) is 3.49. The van der Waals surface area contributed by atoms with Crippen LogP contribution in [0.1, 0.15) is 11.1 Å². The standard InChI is InChI=1S/C10H11F3N4O/c1-5-4-6(10(11,12)13)2-3-7(5)16-8(14)17-9(15)18/h2-4H,1H3,(H5,14,15,16,17,18). The van der Waals surface area contributed by atoms with E-state index in [4.69, 9.17) is 11.5 Å². The van der Waals surface area contributed by atoms with Crippen LogP contribution >= 0.6 is 0 Å². The minimum atomic E-state index is -4.41. The van der Waals surface area contributed by atoms with Crippen LogP contribution in [-0.4, -0.2) is 12.0 Å². The van der Waals surface area contributed by atoms with Crippen molar-refractivity contribution in [3.05, 3.63) is 29.3 Å². The number of carbonyl (C=O) groups excluding carboxylic acids is 1. The van der Waals surface area contributed by atoms with Crippen molar-refractivity contribution in [3.63, 3.8) is 0 Å². The molecule has 0 bridgehead atoms. The maximum atomic E-state index is 12.4. The van der Waals surface area contributed by atoms with Crippen LogP contribution in [0.3, 0.4) is 0 Å². The average Bonchev–Trinajstić information content (AvgIpc) is 2.18. The Hall–Kier alpha value is -2.25. The molecule has 1 aromatic carbocycles. The van der Waals surface area contributed by atoms with Gasteiger partial charge in [0.1, 0.15) is 0 Å². The number of alkyl halides is 3. The topological polar surface area (TPSA) is 93.5 Å². The molecule has 5 nitrogen and oxygen atoms in total. The highest BCUT2D eigenvalue weighted by Crippen LogP contribution is 2.32. The minimum absolute atomic E-state index is 0.217. The van der Waals surface area contributed by atoms with Crippen molar-refractivity contribution in [2.24, 2.45) is 16.5 Å². The van der Waals surface area contributed by atoms with Gasteiger partial charge in [0.25, 0.3) is 0 Å². The highest BCUT2D eigenvalue weighted by Gasteiger charge is 2.30. The number of hydrogen-bond donors (Lipinski definition) is 3. The molecule has 5 N–H and O–H groups in total. The number of urea groups is 1. The number of carbonyl (C=O) groups is 1. The first-order valence-corrected chi connectivity index (χ1v) is 4.78. The van der Waals surface area contributed by atoms with Crippen LogP contribution in [-0.2, 0) is 6.18 Å². The van der Waals surface area contributed by atoms with E-state index in [0.29, 0.717) is 0 Å². The van der Waals surface area contributed by atoms with Crippen LogP contribution in [0.25, 0.3) is 0 Å². The fourth-order valence-corrected chi connectivity index (χ4v) is 1.24. The zero-order valence-electron chi connectivity index (χ0n) is 9.38. The molecule has 0 unspecified atom stereocenters. The van der Waals surface area contributed by atoms with Crippen LogP contribution < -0.4 is 16.8 Å². The number of rotatable bonds is 1. The maximum Gasteiger partial charge on any atom is 0.416 e. The molecule has 0 saturated heterocycles. The second-order valence-electron chi connectivity index (χ2n) is 3.49. The van der Waals surface area contributed by atoms with Crippen LogP contribution in [0.5, 0.6) is 0 Å². The Morgan fingerprint density at radius 1 is 1.33 bits per heavy atom. The van der Waals surface area contributed by atoms with E-state index in [1.54, 1.807) is 0 Å². The minimum Gasteiger partial charge on any atom is -0.369 e. The van der Waals surface area contributed by atoms with Crippen LogP contribution in [0.2, 0.25) is 0 Å². The second kappa shape index (κ2) is 4.94. The van der Waals surface area contributed by atoms with E-state index in [2.05, 4.69) is 4.99 Å². The van der Waals surface area contributed by atoms with E-state index in [1.165, 1.54) is 6.92 Å². The molecule has 1 aromatic rings. The zero-order valence-corrected chi connectivity index (χ0v) is 9.38. The van der Waals surface area contributed by atoms with Gasteiger partial charge >= 0.3 is 12.2 Å². The van der Waals surface area contributed by atoms with Gasteiger partial charge in [-0.05, 0) is 30.7 Å². The Morgan fingerprint density at radius 3 is 2.39 bits per heavy atom. The molecule has 0 spiro atoms. The highest BCUT2D eigenvalue weighted by molar-refractivity contribution is 5.95. The first kappa shape index (κ1) is 13.8. The number of hydrogen-bond acceptors (Lipinski definition) is 2. The lowest BCUT2D eigenvalue weighted by molar-refractivity contribution is -0.137. The van der Waals surface area contributed by atoms with Crippen LogP contribution in [0.15, 0.2) is 23.2 Å². The normalized spacial score (nSPS) is 12.3. The Kier molecular flexibility index (Phi) is 3.79. The number of aryl methyl sites for hydroxylation is 1.